The molecule has 5 heteroatoms. The maximum absolute atomic E-state index is 12.3. The molecule has 5 nitrogen and oxygen atoms in total. The molecule has 2 amide bonds. The minimum atomic E-state index is -0.446. The number of fused-ring (bicyclic) bond motifs is 2. The number of hydrogen-bond acceptors (Lipinski definition) is 4. The van der Waals surface area contributed by atoms with Gasteiger partial charge in [-0.3, -0.25) is 9.59 Å². The molecule has 21 heavy (non-hydrogen) atoms. The van der Waals surface area contributed by atoms with Gasteiger partial charge in [0.1, 0.15) is 12.2 Å². The van der Waals surface area contributed by atoms with E-state index in [0.29, 0.717) is 18.5 Å². The molecule has 3 rings (SSSR count). The second-order valence-electron chi connectivity index (χ2n) is 5.55. The van der Waals surface area contributed by atoms with E-state index in [-0.39, 0.29) is 11.8 Å². The first-order valence-corrected chi connectivity index (χ1v) is 7.53. The standard InChI is InChI=1S/C16H20N2O3/c1-2-9-17-10-11-3-5-12(6-4-11)18-15(19)13-7-8-14(21-13)16(18)20/h3-6,13-14,17H,2,7-10H2,1H3. The zero-order chi connectivity index (χ0) is 14.8. The lowest BCUT2D eigenvalue weighted by Gasteiger charge is -2.29. The normalized spacial score (nSPS) is 24.7. The third kappa shape index (κ3) is 2.71. The molecule has 2 saturated heterocycles. The highest BCUT2D eigenvalue weighted by molar-refractivity contribution is 6.19. The van der Waals surface area contributed by atoms with Crippen molar-refractivity contribution in [3.05, 3.63) is 29.8 Å². The Bertz CT molecular complexity index is 519. The highest BCUT2D eigenvalue weighted by Crippen LogP contribution is 2.31. The number of rotatable bonds is 5. The van der Waals surface area contributed by atoms with Gasteiger partial charge in [0, 0.05) is 6.54 Å². The molecule has 2 aliphatic rings. The van der Waals surface area contributed by atoms with Crippen LogP contribution in [0.25, 0.3) is 0 Å². The Labute approximate surface area is 124 Å². The van der Waals surface area contributed by atoms with E-state index in [9.17, 15) is 9.59 Å². The lowest BCUT2D eigenvalue weighted by molar-refractivity contribution is -0.146. The molecule has 2 bridgehead atoms. The van der Waals surface area contributed by atoms with Crippen LogP contribution in [0, 0.1) is 0 Å². The SMILES string of the molecule is CCCNCc1ccc(N2C(=O)C3CCC(O3)C2=O)cc1. The molecule has 0 saturated carbocycles. The second-order valence-corrected chi connectivity index (χ2v) is 5.55. The summed E-state index contributed by atoms with van der Waals surface area (Å²) in [6.45, 7) is 3.90. The van der Waals surface area contributed by atoms with Crippen LogP contribution in [0.15, 0.2) is 24.3 Å². The molecule has 1 N–H and O–H groups in total. The van der Waals surface area contributed by atoms with Crippen LogP contribution in [0.1, 0.15) is 31.7 Å². The van der Waals surface area contributed by atoms with Crippen molar-refractivity contribution < 1.29 is 14.3 Å². The quantitative estimate of drug-likeness (QED) is 0.660. The Kier molecular flexibility index (Phi) is 4.03. The van der Waals surface area contributed by atoms with Gasteiger partial charge in [-0.25, -0.2) is 4.90 Å². The lowest BCUT2D eigenvalue weighted by Crippen LogP contribution is -2.52. The van der Waals surface area contributed by atoms with E-state index in [1.165, 1.54) is 4.90 Å². The van der Waals surface area contributed by atoms with Crippen LogP contribution >= 0.6 is 0 Å². The van der Waals surface area contributed by atoms with Crippen molar-refractivity contribution in [1.29, 1.82) is 0 Å². The Balaban J connectivity index is 1.74. The lowest BCUT2D eigenvalue weighted by atomic mass is 10.1. The van der Waals surface area contributed by atoms with E-state index in [4.69, 9.17) is 4.74 Å². The van der Waals surface area contributed by atoms with Crippen molar-refractivity contribution in [2.75, 3.05) is 11.4 Å². The highest BCUT2D eigenvalue weighted by atomic mass is 16.5. The van der Waals surface area contributed by atoms with Crippen molar-refractivity contribution in [3.63, 3.8) is 0 Å². The Hall–Kier alpha value is -1.72. The zero-order valence-electron chi connectivity index (χ0n) is 12.2. The van der Waals surface area contributed by atoms with Gasteiger partial charge >= 0.3 is 0 Å². The van der Waals surface area contributed by atoms with Gasteiger partial charge < -0.3 is 10.1 Å². The Morgan fingerprint density at radius 2 is 1.76 bits per heavy atom. The number of benzene rings is 1. The van der Waals surface area contributed by atoms with E-state index in [1.54, 1.807) is 0 Å². The molecule has 2 fully saturated rings. The van der Waals surface area contributed by atoms with E-state index in [1.807, 2.05) is 24.3 Å². The molecular formula is C16H20N2O3. The largest absolute Gasteiger partial charge is 0.355 e. The van der Waals surface area contributed by atoms with Gasteiger partial charge in [0.15, 0.2) is 0 Å². The number of morpholine rings is 1. The summed E-state index contributed by atoms with van der Waals surface area (Å²) < 4.78 is 5.41. The van der Waals surface area contributed by atoms with Gasteiger partial charge in [-0.1, -0.05) is 19.1 Å². The summed E-state index contributed by atoms with van der Waals surface area (Å²) >= 11 is 0. The molecule has 2 unspecified atom stereocenters. The van der Waals surface area contributed by atoms with Crippen LogP contribution in [-0.4, -0.2) is 30.6 Å². The van der Waals surface area contributed by atoms with Crippen LogP contribution in [0.4, 0.5) is 5.69 Å². The fourth-order valence-corrected chi connectivity index (χ4v) is 2.82. The van der Waals surface area contributed by atoms with Gasteiger partial charge in [0.2, 0.25) is 0 Å². The summed E-state index contributed by atoms with van der Waals surface area (Å²) in [5.41, 5.74) is 1.78. The summed E-state index contributed by atoms with van der Waals surface area (Å²) in [7, 11) is 0. The molecule has 112 valence electrons. The van der Waals surface area contributed by atoms with Crippen molar-refractivity contribution >= 4 is 17.5 Å². The van der Waals surface area contributed by atoms with Gasteiger partial charge in [0.05, 0.1) is 5.69 Å². The molecule has 1 aromatic rings. The Morgan fingerprint density at radius 3 is 2.33 bits per heavy atom. The summed E-state index contributed by atoms with van der Waals surface area (Å²) in [6, 6.07) is 7.58. The van der Waals surface area contributed by atoms with Crippen molar-refractivity contribution in [3.8, 4) is 0 Å². The number of nitrogens with zero attached hydrogens (tertiary/aromatic N) is 1. The topological polar surface area (TPSA) is 58.6 Å². The van der Waals surface area contributed by atoms with E-state index in [0.717, 1.165) is 25.1 Å². The first-order valence-electron chi connectivity index (χ1n) is 7.53. The summed E-state index contributed by atoms with van der Waals surface area (Å²) in [5, 5.41) is 3.32. The smallest absolute Gasteiger partial charge is 0.262 e. The molecule has 2 aliphatic heterocycles. The third-order valence-corrected chi connectivity index (χ3v) is 3.96. The number of nitrogens with one attached hydrogen (secondary N) is 1. The summed E-state index contributed by atoms with van der Waals surface area (Å²) in [4.78, 5) is 25.8. The molecule has 0 aliphatic carbocycles. The summed E-state index contributed by atoms with van der Waals surface area (Å²) in [5.74, 6) is -0.462. The van der Waals surface area contributed by atoms with E-state index < -0.39 is 12.2 Å². The average Bonchev–Trinajstić information content (AvgIpc) is 2.94. The molecule has 0 radical (unpaired) electrons. The minimum absolute atomic E-state index is 0.231. The average molecular weight is 288 g/mol. The molecular weight excluding hydrogens is 268 g/mol. The van der Waals surface area contributed by atoms with Crippen molar-refractivity contribution in [2.24, 2.45) is 0 Å². The number of ether oxygens (including phenoxy) is 1. The van der Waals surface area contributed by atoms with E-state index in [2.05, 4.69) is 12.2 Å². The molecule has 2 atom stereocenters. The number of carbonyl (C=O) groups is 2. The van der Waals surface area contributed by atoms with Crippen LogP contribution in [0.2, 0.25) is 0 Å². The first-order chi connectivity index (χ1) is 10.2. The van der Waals surface area contributed by atoms with Gasteiger partial charge in [0.25, 0.3) is 11.8 Å². The molecule has 2 heterocycles. The predicted molar refractivity (Wildman–Crippen MR) is 78.8 cm³/mol. The molecule has 1 aromatic carbocycles. The number of hydrogen-bond donors (Lipinski definition) is 1. The minimum Gasteiger partial charge on any atom is -0.355 e. The Morgan fingerprint density at radius 1 is 1.14 bits per heavy atom. The maximum Gasteiger partial charge on any atom is 0.262 e. The van der Waals surface area contributed by atoms with Crippen molar-refractivity contribution in [1.82, 2.24) is 5.32 Å². The number of imide groups is 1. The van der Waals surface area contributed by atoms with Crippen LogP contribution < -0.4 is 10.2 Å². The number of amides is 2. The number of carbonyl (C=O) groups excluding carboxylic acids is 2. The third-order valence-electron chi connectivity index (χ3n) is 3.96. The number of anilines is 1. The zero-order valence-corrected chi connectivity index (χ0v) is 12.2. The van der Waals surface area contributed by atoms with Gasteiger partial charge in [-0.2, -0.15) is 0 Å². The van der Waals surface area contributed by atoms with Crippen LogP contribution in [0.3, 0.4) is 0 Å². The predicted octanol–water partition coefficient (Wildman–Crippen LogP) is 1.61. The molecule has 0 spiro atoms. The molecule has 0 aromatic heterocycles. The van der Waals surface area contributed by atoms with E-state index >= 15 is 0 Å². The second kappa shape index (κ2) is 5.95. The monoisotopic (exact) mass is 288 g/mol. The van der Waals surface area contributed by atoms with Crippen LogP contribution in [0.5, 0.6) is 0 Å². The maximum atomic E-state index is 12.3. The fourth-order valence-electron chi connectivity index (χ4n) is 2.82. The van der Waals surface area contributed by atoms with Crippen molar-refractivity contribution in [2.45, 2.75) is 44.9 Å². The summed E-state index contributed by atoms with van der Waals surface area (Å²) in [6.07, 6.45) is 1.49. The van der Waals surface area contributed by atoms with Gasteiger partial charge in [-0.05, 0) is 43.5 Å². The highest BCUT2D eigenvalue weighted by Gasteiger charge is 2.46. The van der Waals surface area contributed by atoms with Crippen LogP contribution in [-0.2, 0) is 20.9 Å². The fraction of sp³-hybridized carbons (Fsp3) is 0.500. The first kappa shape index (κ1) is 14.2. The van der Waals surface area contributed by atoms with Gasteiger partial charge in [-0.15, -0.1) is 0 Å².